The third-order valence-corrected chi connectivity index (χ3v) is 4.09. The standard InChI is InChI=1S/C13H15ClN2O2S/c1-9(11-5-6-12(14)19-11)15-13(17)16(2)8-10-4-3-7-18-10/h3-7,9H,8H2,1-2H3,(H,15,17)/t9-/m1/s1. The van der Waals surface area contributed by atoms with Gasteiger partial charge in [0.1, 0.15) is 5.76 Å². The van der Waals surface area contributed by atoms with Crippen LogP contribution >= 0.6 is 22.9 Å². The van der Waals surface area contributed by atoms with Gasteiger partial charge in [0.2, 0.25) is 0 Å². The van der Waals surface area contributed by atoms with Crippen LogP contribution in [0, 0.1) is 0 Å². The van der Waals surface area contributed by atoms with Crippen LogP contribution in [0.3, 0.4) is 0 Å². The molecule has 2 rings (SSSR count). The molecule has 0 spiro atoms. The van der Waals surface area contributed by atoms with Crippen molar-refractivity contribution < 1.29 is 9.21 Å². The SMILES string of the molecule is C[C@@H](NC(=O)N(C)Cc1ccco1)c1ccc(Cl)s1. The van der Waals surface area contributed by atoms with Crippen LogP contribution in [0.2, 0.25) is 4.34 Å². The zero-order valence-electron chi connectivity index (χ0n) is 10.7. The Labute approximate surface area is 121 Å². The molecular formula is C13H15ClN2O2S. The Morgan fingerprint density at radius 2 is 2.32 bits per heavy atom. The monoisotopic (exact) mass is 298 g/mol. The van der Waals surface area contributed by atoms with E-state index in [0.29, 0.717) is 6.54 Å². The van der Waals surface area contributed by atoms with Crippen molar-refractivity contribution in [2.45, 2.75) is 19.5 Å². The van der Waals surface area contributed by atoms with Gasteiger partial charge in [-0.3, -0.25) is 0 Å². The molecule has 0 unspecified atom stereocenters. The zero-order chi connectivity index (χ0) is 13.8. The summed E-state index contributed by atoms with van der Waals surface area (Å²) in [5.41, 5.74) is 0. The van der Waals surface area contributed by atoms with Gasteiger partial charge in [-0.25, -0.2) is 4.79 Å². The van der Waals surface area contributed by atoms with Gasteiger partial charge in [-0.2, -0.15) is 0 Å². The summed E-state index contributed by atoms with van der Waals surface area (Å²) in [4.78, 5) is 14.6. The van der Waals surface area contributed by atoms with Crippen LogP contribution in [0.5, 0.6) is 0 Å². The van der Waals surface area contributed by atoms with Gasteiger partial charge in [0.05, 0.1) is 23.2 Å². The van der Waals surface area contributed by atoms with Gasteiger partial charge < -0.3 is 14.6 Å². The smallest absolute Gasteiger partial charge is 0.318 e. The summed E-state index contributed by atoms with van der Waals surface area (Å²) in [5, 5.41) is 2.92. The largest absolute Gasteiger partial charge is 0.467 e. The molecule has 2 aromatic rings. The van der Waals surface area contributed by atoms with E-state index in [9.17, 15) is 4.79 Å². The highest BCUT2D eigenvalue weighted by molar-refractivity contribution is 7.16. The predicted molar refractivity (Wildman–Crippen MR) is 76.5 cm³/mol. The van der Waals surface area contributed by atoms with Crippen LogP contribution in [0.4, 0.5) is 4.79 Å². The number of carbonyl (C=O) groups excluding carboxylic acids is 1. The first-order valence-electron chi connectivity index (χ1n) is 5.85. The van der Waals surface area contributed by atoms with Crippen molar-refractivity contribution in [2.75, 3.05) is 7.05 Å². The van der Waals surface area contributed by atoms with Crippen molar-refractivity contribution in [3.05, 3.63) is 45.5 Å². The molecule has 0 bridgehead atoms. The average molecular weight is 299 g/mol. The molecule has 0 aromatic carbocycles. The highest BCUT2D eigenvalue weighted by atomic mass is 35.5. The van der Waals surface area contributed by atoms with Crippen molar-refractivity contribution in [3.63, 3.8) is 0 Å². The maximum Gasteiger partial charge on any atom is 0.318 e. The fraction of sp³-hybridized carbons (Fsp3) is 0.308. The number of furan rings is 1. The van der Waals surface area contributed by atoms with Gasteiger partial charge in [-0.05, 0) is 31.2 Å². The first-order valence-corrected chi connectivity index (χ1v) is 7.05. The maximum atomic E-state index is 12.0. The number of carbonyl (C=O) groups is 1. The minimum Gasteiger partial charge on any atom is -0.467 e. The molecule has 0 fully saturated rings. The van der Waals surface area contributed by atoms with Crippen LogP contribution in [-0.4, -0.2) is 18.0 Å². The zero-order valence-corrected chi connectivity index (χ0v) is 12.3. The minimum absolute atomic E-state index is 0.0657. The molecule has 1 N–H and O–H groups in total. The lowest BCUT2D eigenvalue weighted by molar-refractivity contribution is 0.200. The number of thiophene rings is 1. The van der Waals surface area contributed by atoms with Gasteiger partial charge in [0.25, 0.3) is 0 Å². The number of hydrogen-bond donors (Lipinski definition) is 1. The quantitative estimate of drug-likeness (QED) is 0.930. The van der Waals surface area contributed by atoms with Gasteiger partial charge >= 0.3 is 6.03 Å². The van der Waals surface area contributed by atoms with E-state index in [4.69, 9.17) is 16.0 Å². The average Bonchev–Trinajstić information content (AvgIpc) is 3.00. The molecule has 4 nitrogen and oxygen atoms in total. The fourth-order valence-electron chi connectivity index (χ4n) is 1.64. The Morgan fingerprint density at radius 3 is 2.89 bits per heavy atom. The Bertz CT molecular complexity index is 539. The molecule has 2 amide bonds. The summed E-state index contributed by atoms with van der Waals surface area (Å²) in [7, 11) is 1.73. The molecule has 1 atom stereocenters. The van der Waals surface area contributed by atoms with E-state index in [-0.39, 0.29) is 12.1 Å². The van der Waals surface area contributed by atoms with Crippen LogP contribution < -0.4 is 5.32 Å². The van der Waals surface area contributed by atoms with Crippen molar-refractivity contribution in [1.29, 1.82) is 0 Å². The topological polar surface area (TPSA) is 45.5 Å². The molecule has 0 saturated carbocycles. The molecule has 2 heterocycles. The lowest BCUT2D eigenvalue weighted by Crippen LogP contribution is -2.37. The molecule has 0 radical (unpaired) electrons. The van der Waals surface area contributed by atoms with Crippen LogP contribution in [0.25, 0.3) is 0 Å². The first-order chi connectivity index (χ1) is 9.06. The van der Waals surface area contributed by atoms with Crippen LogP contribution in [0.15, 0.2) is 34.9 Å². The molecule has 2 aromatic heterocycles. The molecule has 0 aliphatic rings. The summed E-state index contributed by atoms with van der Waals surface area (Å²) in [6.45, 7) is 2.37. The second kappa shape index (κ2) is 6.12. The maximum absolute atomic E-state index is 12.0. The lowest BCUT2D eigenvalue weighted by Gasteiger charge is -2.19. The van der Waals surface area contributed by atoms with E-state index in [1.807, 2.05) is 25.1 Å². The van der Waals surface area contributed by atoms with E-state index < -0.39 is 0 Å². The first kappa shape index (κ1) is 14.0. The Hall–Kier alpha value is -1.46. The summed E-state index contributed by atoms with van der Waals surface area (Å²) >= 11 is 7.35. The fourth-order valence-corrected chi connectivity index (χ4v) is 2.70. The Balaban J connectivity index is 1.89. The number of nitrogens with one attached hydrogen (secondary N) is 1. The van der Waals surface area contributed by atoms with Gasteiger partial charge in [0.15, 0.2) is 0 Å². The molecule has 0 aliphatic carbocycles. The summed E-state index contributed by atoms with van der Waals surface area (Å²) in [6.07, 6.45) is 1.59. The predicted octanol–water partition coefficient (Wildman–Crippen LogP) is 3.90. The molecular weight excluding hydrogens is 284 g/mol. The number of hydrogen-bond acceptors (Lipinski definition) is 3. The molecule has 102 valence electrons. The van der Waals surface area contributed by atoms with Gasteiger partial charge in [0, 0.05) is 11.9 Å². The molecule has 0 saturated heterocycles. The van der Waals surface area contributed by atoms with E-state index >= 15 is 0 Å². The summed E-state index contributed by atoms with van der Waals surface area (Å²) in [6, 6.07) is 7.18. The summed E-state index contributed by atoms with van der Waals surface area (Å²) < 4.78 is 5.93. The number of halogens is 1. The Kier molecular flexibility index (Phi) is 4.50. The number of nitrogens with zero attached hydrogens (tertiary/aromatic N) is 1. The van der Waals surface area contributed by atoms with Crippen molar-refractivity contribution in [1.82, 2.24) is 10.2 Å². The number of urea groups is 1. The minimum atomic E-state index is -0.145. The summed E-state index contributed by atoms with van der Waals surface area (Å²) in [5.74, 6) is 0.754. The van der Waals surface area contributed by atoms with Crippen molar-refractivity contribution in [3.8, 4) is 0 Å². The van der Waals surface area contributed by atoms with Crippen molar-refractivity contribution in [2.24, 2.45) is 0 Å². The second-order valence-electron chi connectivity index (χ2n) is 4.25. The van der Waals surface area contributed by atoms with Gasteiger partial charge in [-0.1, -0.05) is 11.6 Å². The molecule has 6 heteroatoms. The van der Waals surface area contributed by atoms with Crippen LogP contribution in [-0.2, 0) is 6.54 Å². The van der Waals surface area contributed by atoms with Crippen LogP contribution in [0.1, 0.15) is 23.6 Å². The highest BCUT2D eigenvalue weighted by Crippen LogP contribution is 2.26. The molecule has 19 heavy (non-hydrogen) atoms. The van der Waals surface area contributed by atoms with E-state index in [0.717, 1.165) is 15.0 Å². The third kappa shape index (κ3) is 3.75. The van der Waals surface area contributed by atoms with Crippen molar-refractivity contribution >= 4 is 29.0 Å². The normalized spacial score (nSPS) is 12.2. The van der Waals surface area contributed by atoms with E-state index in [1.54, 1.807) is 24.3 Å². The molecule has 0 aliphatic heterocycles. The van der Waals surface area contributed by atoms with E-state index in [1.165, 1.54) is 11.3 Å². The lowest BCUT2D eigenvalue weighted by atomic mass is 10.3. The van der Waals surface area contributed by atoms with Gasteiger partial charge in [-0.15, -0.1) is 11.3 Å². The third-order valence-electron chi connectivity index (χ3n) is 2.68. The Morgan fingerprint density at radius 1 is 1.53 bits per heavy atom. The number of rotatable bonds is 4. The highest BCUT2D eigenvalue weighted by Gasteiger charge is 2.15. The second-order valence-corrected chi connectivity index (χ2v) is 6.00. The number of amides is 2. The van der Waals surface area contributed by atoms with E-state index in [2.05, 4.69) is 5.32 Å².